The second-order valence-electron chi connectivity index (χ2n) is 7.86. The molecule has 4 aromatic rings. The van der Waals surface area contributed by atoms with Crippen LogP contribution in [0.2, 0.25) is 0 Å². The van der Waals surface area contributed by atoms with E-state index < -0.39 is 0 Å². The zero-order valence-corrected chi connectivity index (χ0v) is 17.1. The molecule has 1 saturated heterocycles. The van der Waals surface area contributed by atoms with E-state index >= 15 is 0 Å². The summed E-state index contributed by atoms with van der Waals surface area (Å²) >= 11 is 0. The molecule has 0 amide bonds. The Kier molecular flexibility index (Phi) is 4.39. The van der Waals surface area contributed by atoms with Crippen LogP contribution in [-0.4, -0.2) is 60.4 Å². The minimum Gasteiger partial charge on any atom is -0.486 e. The van der Waals surface area contributed by atoms with E-state index in [4.69, 9.17) is 19.0 Å². The number of nitrogens with zero attached hydrogens (tertiary/aromatic N) is 7. The molecule has 0 N–H and O–H groups in total. The van der Waals surface area contributed by atoms with Crippen molar-refractivity contribution in [3.63, 3.8) is 0 Å². The van der Waals surface area contributed by atoms with Crippen molar-refractivity contribution in [1.29, 1.82) is 0 Å². The molecule has 0 saturated carbocycles. The molecule has 0 aliphatic carbocycles. The average molecular weight is 419 g/mol. The summed E-state index contributed by atoms with van der Waals surface area (Å²) in [5, 5.41) is 12.2. The van der Waals surface area contributed by atoms with Crippen molar-refractivity contribution in [2.75, 3.05) is 19.8 Å². The molecule has 0 radical (unpaired) electrons. The average Bonchev–Trinajstić information content (AvgIpc) is 3.36. The summed E-state index contributed by atoms with van der Waals surface area (Å²) < 4.78 is 18.2. The van der Waals surface area contributed by atoms with Crippen LogP contribution in [0.4, 0.5) is 0 Å². The van der Waals surface area contributed by atoms with E-state index in [1.54, 1.807) is 11.3 Å². The standard InChI is InChI=1S/C21H21N7O3/c1-13-22-20(26-31-13)21-25-24-19-5-4-17(9-28(19)21)30-10-15-3-2-14-8-27(16-11-29-12-16)7-6-18(14)23-15/h2-5,9,16H,6-8,10-12H2,1H3. The number of aromatic nitrogens is 6. The SMILES string of the molecule is Cc1nc(-c2nnc3ccc(OCc4ccc5c(n4)CCN(C4COC4)C5)cn23)no1. The molecule has 10 nitrogen and oxygen atoms in total. The maximum Gasteiger partial charge on any atom is 0.240 e. The smallest absolute Gasteiger partial charge is 0.240 e. The van der Waals surface area contributed by atoms with Gasteiger partial charge in [-0.25, -0.2) is 0 Å². The first-order chi connectivity index (χ1) is 15.2. The first-order valence-corrected chi connectivity index (χ1v) is 10.3. The Labute approximate surface area is 177 Å². The van der Waals surface area contributed by atoms with Crippen LogP contribution >= 0.6 is 0 Å². The van der Waals surface area contributed by atoms with Crippen LogP contribution in [0.1, 0.15) is 22.8 Å². The first kappa shape index (κ1) is 18.4. The highest BCUT2D eigenvalue weighted by Gasteiger charge is 2.29. The van der Waals surface area contributed by atoms with Gasteiger partial charge in [0.1, 0.15) is 12.4 Å². The fourth-order valence-electron chi connectivity index (χ4n) is 3.97. The second-order valence-corrected chi connectivity index (χ2v) is 7.86. The minimum absolute atomic E-state index is 0.387. The molecule has 10 heteroatoms. The lowest BCUT2D eigenvalue weighted by Gasteiger charge is -2.39. The van der Waals surface area contributed by atoms with E-state index in [1.807, 2.05) is 24.4 Å². The van der Waals surface area contributed by atoms with Crippen molar-refractivity contribution in [2.45, 2.75) is 32.5 Å². The third kappa shape index (κ3) is 3.43. The second kappa shape index (κ2) is 7.40. The van der Waals surface area contributed by atoms with Crippen LogP contribution in [0.25, 0.3) is 17.3 Å². The van der Waals surface area contributed by atoms with Gasteiger partial charge in [-0.3, -0.25) is 14.3 Å². The third-order valence-electron chi connectivity index (χ3n) is 5.76. The first-order valence-electron chi connectivity index (χ1n) is 10.3. The molecule has 6 rings (SSSR count). The Hall–Kier alpha value is -3.37. The molecule has 6 heterocycles. The summed E-state index contributed by atoms with van der Waals surface area (Å²) in [6.45, 7) is 5.79. The van der Waals surface area contributed by atoms with Gasteiger partial charge in [-0.05, 0) is 23.8 Å². The van der Waals surface area contributed by atoms with E-state index in [1.165, 1.54) is 11.3 Å². The van der Waals surface area contributed by atoms with Gasteiger partial charge in [-0.15, -0.1) is 10.2 Å². The normalized spacial score (nSPS) is 16.9. The van der Waals surface area contributed by atoms with E-state index in [-0.39, 0.29) is 0 Å². The highest BCUT2D eigenvalue weighted by Crippen LogP contribution is 2.23. The molecule has 2 aliphatic rings. The molecule has 0 unspecified atom stereocenters. The summed E-state index contributed by atoms with van der Waals surface area (Å²) in [5.74, 6) is 2.05. The zero-order chi connectivity index (χ0) is 20.8. The van der Waals surface area contributed by atoms with Crippen LogP contribution in [-0.2, 0) is 24.3 Å². The van der Waals surface area contributed by atoms with Gasteiger partial charge < -0.3 is 14.0 Å². The topological polar surface area (TPSA) is 104 Å². The summed E-state index contributed by atoms with van der Waals surface area (Å²) in [6, 6.07) is 8.49. The lowest BCUT2D eigenvalue weighted by molar-refractivity contribution is -0.0696. The maximum absolute atomic E-state index is 6.01. The van der Waals surface area contributed by atoms with E-state index in [0.717, 1.165) is 38.4 Å². The van der Waals surface area contributed by atoms with Crippen LogP contribution in [0.3, 0.4) is 0 Å². The Balaban J connectivity index is 1.18. The molecule has 31 heavy (non-hydrogen) atoms. The fraction of sp³-hybridized carbons (Fsp3) is 0.381. The van der Waals surface area contributed by atoms with Crippen LogP contribution in [0.5, 0.6) is 5.75 Å². The minimum atomic E-state index is 0.387. The molecule has 0 bridgehead atoms. The third-order valence-corrected chi connectivity index (χ3v) is 5.76. The Bertz CT molecular complexity index is 1250. The molecule has 1 fully saturated rings. The van der Waals surface area contributed by atoms with Crippen LogP contribution < -0.4 is 4.74 Å². The van der Waals surface area contributed by atoms with Gasteiger partial charge in [0, 0.05) is 32.1 Å². The molecule has 0 spiro atoms. The Morgan fingerprint density at radius 3 is 2.87 bits per heavy atom. The summed E-state index contributed by atoms with van der Waals surface area (Å²) in [7, 11) is 0. The van der Waals surface area contributed by atoms with Gasteiger partial charge in [0.25, 0.3) is 0 Å². The van der Waals surface area contributed by atoms with E-state index in [2.05, 4.69) is 31.3 Å². The number of hydrogen-bond donors (Lipinski definition) is 0. The highest BCUT2D eigenvalue weighted by atomic mass is 16.5. The van der Waals surface area contributed by atoms with Crippen molar-refractivity contribution in [3.05, 3.63) is 53.3 Å². The van der Waals surface area contributed by atoms with Gasteiger partial charge in [0.05, 0.1) is 31.1 Å². The van der Waals surface area contributed by atoms with Crippen molar-refractivity contribution in [3.8, 4) is 17.4 Å². The summed E-state index contributed by atoms with van der Waals surface area (Å²) in [4.78, 5) is 11.6. The van der Waals surface area contributed by atoms with Gasteiger partial charge in [0.2, 0.25) is 17.5 Å². The van der Waals surface area contributed by atoms with Crippen molar-refractivity contribution in [1.82, 2.24) is 34.6 Å². The highest BCUT2D eigenvalue weighted by molar-refractivity contribution is 5.52. The maximum atomic E-state index is 6.01. The van der Waals surface area contributed by atoms with Gasteiger partial charge in [-0.2, -0.15) is 4.98 Å². The molecule has 2 aliphatic heterocycles. The van der Waals surface area contributed by atoms with Crippen LogP contribution in [0.15, 0.2) is 35.0 Å². The lowest BCUT2D eigenvalue weighted by atomic mass is 10.0. The van der Waals surface area contributed by atoms with Gasteiger partial charge >= 0.3 is 0 Å². The van der Waals surface area contributed by atoms with E-state index in [9.17, 15) is 0 Å². The summed E-state index contributed by atoms with van der Waals surface area (Å²) in [5.41, 5.74) is 4.06. The van der Waals surface area contributed by atoms with Crippen molar-refractivity contribution < 1.29 is 14.0 Å². The van der Waals surface area contributed by atoms with Crippen molar-refractivity contribution >= 4 is 5.65 Å². The number of pyridine rings is 2. The van der Waals surface area contributed by atoms with Crippen LogP contribution in [0, 0.1) is 6.92 Å². The lowest BCUT2D eigenvalue weighted by Crippen LogP contribution is -2.50. The van der Waals surface area contributed by atoms with Gasteiger partial charge in [-0.1, -0.05) is 11.2 Å². The Morgan fingerprint density at radius 2 is 2.06 bits per heavy atom. The molecular weight excluding hydrogens is 398 g/mol. The van der Waals surface area contributed by atoms with Crippen molar-refractivity contribution in [2.24, 2.45) is 0 Å². The molecule has 4 aromatic heterocycles. The zero-order valence-electron chi connectivity index (χ0n) is 17.1. The predicted molar refractivity (Wildman–Crippen MR) is 108 cm³/mol. The number of fused-ring (bicyclic) bond motifs is 2. The molecule has 0 atom stereocenters. The largest absolute Gasteiger partial charge is 0.486 e. The van der Waals surface area contributed by atoms with E-state index in [0.29, 0.717) is 41.6 Å². The number of ether oxygens (including phenoxy) is 2. The predicted octanol–water partition coefficient (Wildman–Crippen LogP) is 1.82. The van der Waals surface area contributed by atoms with Gasteiger partial charge in [0.15, 0.2) is 5.65 Å². The summed E-state index contributed by atoms with van der Waals surface area (Å²) in [6.07, 6.45) is 2.78. The monoisotopic (exact) mass is 419 g/mol. The number of aryl methyl sites for hydroxylation is 1. The number of rotatable bonds is 5. The quantitative estimate of drug-likeness (QED) is 0.479. The molecular formula is C21H21N7O3. The molecule has 0 aromatic carbocycles. The number of hydrogen-bond acceptors (Lipinski definition) is 9. The Morgan fingerprint density at radius 1 is 1.13 bits per heavy atom. The fourth-order valence-corrected chi connectivity index (χ4v) is 3.97. The molecule has 158 valence electrons.